The van der Waals surface area contributed by atoms with Gasteiger partial charge >= 0.3 is 0 Å². The van der Waals surface area contributed by atoms with Crippen molar-refractivity contribution < 1.29 is 0 Å². The summed E-state index contributed by atoms with van der Waals surface area (Å²) in [7, 11) is 0. The SMILES string of the molecule is CCCCCC(C)NNC(C)CCCCC. The Morgan fingerprint density at radius 3 is 1.38 bits per heavy atom. The smallest absolute Gasteiger partial charge is 0.0184 e. The zero-order valence-corrected chi connectivity index (χ0v) is 11.8. The minimum atomic E-state index is 0.597. The molecular weight excluding hydrogens is 196 g/mol. The summed E-state index contributed by atoms with van der Waals surface area (Å²) >= 11 is 0. The standard InChI is InChI=1S/C14H32N2/c1-5-7-9-11-13(3)15-16-14(4)12-10-8-6-2/h13-16H,5-12H2,1-4H3. The van der Waals surface area contributed by atoms with Crippen LogP contribution >= 0.6 is 0 Å². The molecule has 0 saturated carbocycles. The number of hydrazine groups is 1. The predicted molar refractivity (Wildman–Crippen MR) is 73.5 cm³/mol. The van der Waals surface area contributed by atoms with Crippen molar-refractivity contribution in [1.82, 2.24) is 10.9 Å². The van der Waals surface area contributed by atoms with Gasteiger partial charge in [0, 0.05) is 12.1 Å². The molecule has 0 spiro atoms. The molecule has 2 N–H and O–H groups in total. The lowest BCUT2D eigenvalue weighted by Crippen LogP contribution is -2.44. The van der Waals surface area contributed by atoms with Crippen molar-refractivity contribution in [2.45, 2.75) is 91.1 Å². The van der Waals surface area contributed by atoms with Crippen LogP contribution in [0.3, 0.4) is 0 Å². The van der Waals surface area contributed by atoms with Gasteiger partial charge in [-0.15, -0.1) is 0 Å². The van der Waals surface area contributed by atoms with E-state index in [2.05, 4.69) is 38.5 Å². The molecule has 0 rings (SSSR count). The molecule has 0 aliphatic carbocycles. The lowest BCUT2D eigenvalue weighted by Gasteiger charge is -2.19. The quantitative estimate of drug-likeness (QED) is 0.412. The molecule has 2 heteroatoms. The molecule has 2 atom stereocenters. The summed E-state index contributed by atoms with van der Waals surface area (Å²) in [5, 5.41) is 0. The summed E-state index contributed by atoms with van der Waals surface area (Å²) in [4.78, 5) is 0. The molecule has 0 amide bonds. The minimum absolute atomic E-state index is 0.597. The fourth-order valence-electron chi connectivity index (χ4n) is 1.83. The van der Waals surface area contributed by atoms with E-state index in [9.17, 15) is 0 Å². The molecule has 0 bridgehead atoms. The van der Waals surface area contributed by atoms with Gasteiger partial charge in [0.15, 0.2) is 0 Å². The Balaban J connectivity index is 3.32. The molecule has 0 aliphatic rings. The van der Waals surface area contributed by atoms with Gasteiger partial charge in [0.1, 0.15) is 0 Å². The summed E-state index contributed by atoms with van der Waals surface area (Å²) in [6.45, 7) is 9.04. The van der Waals surface area contributed by atoms with Crippen molar-refractivity contribution in [3.8, 4) is 0 Å². The highest BCUT2D eigenvalue weighted by atomic mass is 15.4. The van der Waals surface area contributed by atoms with Crippen LogP contribution in [0.1, 0.15) is 79.1 Å². The Morgan fingerprint density at radius 1 is 0.688 bits per heavy atom. The summed E-state index contributed by atoms with van der Waals surface area (Å²) in [5.74, 6) is 0. The predicted octanol–water partition coefficient (Wildman–Crippen LogP) is 4.02. The van der Waals surface area contributed by atoms with Crippen LogP contribution < -0.4 is 10.9 Å². The summed E-state index contributed by atoms with van der Waals surface area (Å²) in [6.07, 6.45) is 10.6. The molecule has 0 aromatic heterocycles. The van der Waals surface area contributed by atoms with E-state index in [0.29, 0.717) is 12.1 Å². The van der Waals surface area contributed by atoms with Crippen LogP contribution in [0.25, 0.3) is 0 Å². The molecule has 2 nitrogen and oxygen atoms in total. The van der Waals surface area contributed by atoms with Crippen LogP contribution in [0.5, 0.6) is 0 Å². The van der Waals surface area contributed by atoms with Crippen molar-refractivity contribution in [3.05, 3.63) is 0 Å². The largest absolute Gasteiger partial charge is 0.255 e. The van der Waals surface area contributed by atoms with E-state index in [-0.39, 0.29) is 0 Å². The van der Waals surface area contributed by atoms with Crippen LogP contribution in [0.4, 0.5) is 0 Å². The Kier molecular flexibility index (Phi) is 11.3. The fourth-order valence-corrected chi connectivity index (χ4v) is 1.83. The first-order valence-electron chi connectivity index (χ1n) is 7.21. The number of nitrogens with one attached hydrogen (secondary N) is 2. The van der Waals surface area contributed by atoms with E-state index >= 15 is 0 Å². The van der Waals surface area contributed by atoms with Gasteiger partial charge in [-0.25, -0.2) is 0 Å². The third kappa shape index (κ3) is 10.4. The Morgan fingerprint density at radius 2 is 1.06 bits per heavy atom. The average molecular weight is 228 g/mol. The molecule has 98 valence electrons. The summed E-state index contributed by atoms with van der Waals surface area (Å²) in [6, 6.07) is 1.19. The molecule has 0 aromatic rings. The van der Waals surface area contributed by atoms with E-state index in [1.807, 2.05) is 0 Å². The maximum absolute atomic E-state index is 3.42. The van der Waals surface area contributed by atoms with Gasteiger partial charge in [-0.2, -0.15) is 0 Å². The van der Waals surface area contributed by atoms with Gasteiger partial charge in [-0.3, -0.25) is 10.9 Å². The second kappa shape index (κ2) is 11.4. The molecule has 0 heterocycles. The van der Waals surface area contributed by atoms with E-state index < -0.39 is 0 Å². The maximum Gasteiger partial charge on any atom is 0.0184 e. The first-order valence-corrected chi connectivity index (χ1v) is 7.21. The molecule has 0 saturated heterocycles. The lowest BCUT2D eigenvalue weighted by atomic mass is 10.1. The number of rotatable bonds is 11. The van der Waals surface area contributed by atoms with Gasteiger partial charge < -0.3 is 0 Å². The first kappa shape index (κ1) is 15.9. The maximum atomic E-state index is 3.42. The van der Waals surface area contributed by atoms with Crippen LogP contribution in [0.15, 0.2) is 0 Å². The summed E-state index contributed by atoms with van der Waals surface area (Å²) in [5.41, 5.74) is 6.84. The molecular formula is C14H32N2. The van der Waals surface area contributed by atoms with Crippen LogP contribution in [-0.2, 0) is 0 Å². The Bertz CT molecular complexity index is 121. The van der Waals surface area contributed by atoms with Crippen molar-refractivity contribution >= 4 is 0 Å². The highest BCUT2D eigenvalue weighted by molar-refractivity contribution is 4.62. The van der Waals surface area contributed by atoms with Crippen molar-refractivity contribution in [3.63, 3.8) is 0 Å². The molecule has 16 heavy (non-hydrogen) atoms. The average Bonchev–Trinajstić information content (AvgIpc) is 2.27. The zero-order chi connectivity index (χ0) is 12.2. The minimum Gasteiger partial charge on any atom is -0.255 e. The Hall–Kier alpha value is -0.0800. The molecule has 0 fully saturated rings. The number of hydrogen-bond acceptors (Lipinski definition) is 2. The van der Waals surface area contributed by atoms with E-state index in [1.165, 1.54) is 51.4 Å². The van der Waals surface area contributed by atoms with Crippen LogP contribution in [-0.4, -0.2) is 12.1 Å². The lowest BCUT2D eigenvalue weighted by molar-refractivity contribution is 0.360. The Labute approximate surface area is 103 Å². The van der Waals surface area contributed by atoms with Crippen LogP contribution in [0.2, 0.25) is 0 Å². The van der Waals surface area contributed by atoms with E-state index in [4.69, 9.17) is 0 Å². The molecule has 2 unspecified atom stereocenters. The van der Waals surface area contributed by atoms with Gasteiger partial charge in [0.25, 0.3) is 0 Å². The van der Waals surface area contributed by atoms with Crippen LogP contribution in [0, 0.1) is 0 Å². The first-order chi connectivity index (χ1) is 7.70. The van der Waals surface area contributed by atoms with E-state index in [1.54, 1.807) is 0 Å². The van der Waals surface area contributed by atoms with Gasteiger partial charge in [-0.05, 0) is 26.7 Å². The number of unbranched alkanes of at least 4 members (excludes halogenated alkanes) is 4. The highest BCUT2D eigenvalue weighted by Crippen LogP contribution is 2.04. The third-order valence-corrected chi connectivity index (χ3v) is 3.06. The van der Waals surface area contributed by atoms with Crippen molar-refractivity contribution in [2.75, 3.05) is 0 Å². The van der Waals surface area contributed by atoms with Gasteiger partial charge in [0.2, 0.25) is 0 Å². The molecule has 0 aromatic carbocycles. The van der Waals surface area contributed by atoms with Gasteiger partial charge in [0.05, 0.1) is 0 Å². The molecule has 0 aliphatic heterocycles. The molecule has 0 radical (unpaired) electrons. The number of hydrogen-bond donors (Lipinski definition) is 2. The summed E-state index contributed by atoms with van der Waals surface area (Å²) < 4.78 is 0. The monoisotopic (exact) mass is 228 g/mol. The van der Waals surface area contributed by atoms with Gasteiger partial charge in [-0.1, -0.05) is 52.4 Å². The second-order valence-electron chi connectivity index (χ2n) is 5.08. The second-order valence-corrected chi connectivity index (χ2v) is 5.08. The van der Waals surface area contributed by atoms with Crippen molar-refractivity contribution in [1.29, 1.82) is 0 Å². The highest BCUT2D eigenvalue weighted by Gasteiger charge is 2.04. The topological polar surface area (TPSA) is 24.1 Å². The fraction of sp³-hybridized carbons (Fsp3) is 1.00. The third-order valence-electron chi connectivity index (χ3n) is 3.06. The van der Waals surface area contributed by atoms with Crippen molar-refractivity contribution in [2.24, 2.45) is 0 Å². The zero-order valence-electron chi connectivity index (χ0n) is 11.8. The normalized spacial score (nSPS) is 15.0. The van der Waals surface area contributed by atoms with E-state index in [0.717, 1.165) is 0 Å².